The van der Waals surface area contributed by atoms with E-state index >= 15 is 0 Å². The summed E-state index contributed by atoms with van der Waals surface area (Å²) in [5.74, 6) is -0.243. The van der Waals surface area contributed by atoms with Gasteiger partial charge in [0.15, 0.2) is 0 Å². The van der Waals surface area contributed by atoms with Gasteiger partial charge >= 0.3 is 6.09 Å². The van der Waals surface area contributed by atoms with Crippen molar-refractivity contribution in [1.29, 1.82) is 0 Å². The molecule has 154 valence electrons. The summed E-state index contributed by atoms with van der Waals surface area (Å²) in [4.78, 5) is 25.9. The summed E-state index contributed by atoms with van der Waals surface area (Å²) >= 11 is 0. The van der Waals surface area contributed by atoms with E-state index in [1.54, 1.807) is 31.4 Å². The van der Waals surface area contributed by atoms with Crippen molar-refractivity contribution in [2.75, 3.05) is 29.6 Å². The molecule has 1 aliphatic heterocycles. The fourth-order valence-corrected chi connectivity index (χ4v) is 3.67. The number of methoxy groups -OCH3 is 1. The highest BCUT2D eigenvalue weighted by molar-refractivity contribution is 6.05. The maximum absolute atomic E-state index is 12.5. The second-order valence-corrected chi connectivity index (χ2v) is 6.98. The van der Waals surface area contributed by atoms with Crippen molar-refractivity contribution in [3.8, 4) is 0 Å². The Kier molecular flexibility index (Phi) is 6.23. The molecule has 0 radical (unpaired) electrons. The molecule has 5 N–H and O–H groups in total. The number of nitrogen functional groups attached to an aromatic ring is 1. The van der Waals surface area contributed by atoms with Crippen LogP contribution in [0.4, 0.5) is 21.9 Å². The van der Waals surface area contributed by atoms with Gasteiger partial charge in [0, 0.05) is 31.3 Å². The summed E-state index contributed by atoms with van der Waals surface area (Å²) in [5.41, 5.74) is 13.6. The van der Waals surface area contributed by atoms with E-state index < -0.39 is 6.09 Å². The zero-order chi connectivity index (χ0) is 21.0. The van der Waals surface area contributed by atoms with E-state index in [4.69, 9.17) is 20.9 Å². The second-order valence-electron chi connectivity index (χ2n) is 6.98. The maximum Gasteiger partial charge on any atom is 0.404 e. The molecule has 3 rings (SSSR count). The van der Waals surface area contributed by atoms with Crippen LogP contribution in [0.2, 0.25) is 0 Å². The lowest BCUT2D eigenvalue weighted by atomic mass is 10.1. The summed E-state index contributed by atoms with van der Waals surface area (Å²) < 4.78 is 10.8. The van der Waals surface area contributed by atoms with E-state index in [0.717, 1.165) is 5.69 Å². The monoisotopic (exact) mass is 398 g/mol. The molecule has 1 aliphatic rings. The molecule has 1 fully saturated rings. The van der Waals surface area contributed by atoms with E-state index in [9.17, 15) is 9.59 Å². The molecule has 3 unspecified atom stereocenters. The number of anilines is 3. The number of para-hydroxylation sites is 2. The Morgan fingerprint density at radius 1 is 1.17 bits per heavy atom. The van der Waals surface area contributed by atoms with Gasteiger partial charge in [-0.3, -0.25) is 4.79 Å². The highest BCUT2D eigenvalue weighted by Gasteiger charge is 2.40. The van der Waals surface area contributed by atoms with Gasteiger partial charge in [0.1, 0.15) is 6.10 Å². The van der Waals surface area contributed by atoms with Gasteiger partial charge < -0.3 is 31.2 Å². The summed E-state index contributed by atoms with van der Waals surface area (Å²) in [6.45, 7) is 2.61. The largest absolute Gasteiger partial charge is 0.444 e. The van der Waals surface area contributed by atoms with Gasteiger partial charge in [-0.25, -0.2) is 4.79 Å². The third kappa shape index (κ3) is 4.60. The van der Waals surface area contributed by atoms with Gasteiger partial charge in [-0.2, -0.15) is 0 Å². The standard InChI is InChI=1S/C21H26N4O4/c1-13(28-2)19-18(29-21(23)27)11-12-25(19)15-9-7-14(8-10-15)20(26)24-17-6-4-3-5-16(17)22/h3-10,13,18-19H,11-12,22H2,1-2H3,(H2,23,27)(H,24,26). The van der Waals surface area contributed by atoms with Crippen LogP contribution in [0, 0.1) is 0 Å². The Balaban J connectivity index is 1.75. The van der Waals surface area contributed by atoms with Gasteiger partial charge in [-0.05, 0) is 43.3 Å². The lowest BCUT2D eigenvalue weighted by molar-refractivity contribution is 0.0359. The minimum absolute atomic E-state index is 0.170. The highest BCUT2D eigenvalue weighted by atomic mass is 16.6. The Labute approximate surface area is 169 Å². The molecule has 0 aromatic heterocycles. The number of primary amides is 1. The lowest BCUT2D eigenvalue weighted by Gasteiger charge is -2.33. The number of nitrogens with two attached hydrogens (primary N) is 2. The van der Waals surface area contributed by atoms with E-state index in [0.29, 0.717) is 29.9 Å². The minimum atomic E-state index is -0.794. The zero-order valence-electron chi connectivity index (χ0n) is 16.5. The number of carbonyl (C=O) groups excluding carboxylic acids is 2. The lowest BCUT2D eigenvalue weighted by Crippen LogP contribution is -2.46. The van der Waals surface area contributed by atoms with E-state index in [2.05, 4.69) is 10.2 Å². The van der Waals surface area contributed by atoms with Crippen molar-refractivity contribution in [3.63, 3.8) is 0 Å². The van der Waals surface area contributed by atoms with E-state index in [1.807, 2.05) is 31.2 Å². The Morgan fingerprint density at radius 3 is 2.48 bits per heavy atom. The van der Waals surface area contributed by atoms with Crippen LogP contribution in [0.15, 0.2) is 48.5 Å². The molecule has 0 spiro atoms. The molecule has 0 bridgehead atoms. The molecule has 1 heterocycles. The number of carbonyl (C=O) groups is 2. The van der Waals surface area contributed by atoms with Crippen molar-refractivity contribution in [1.82, 2.24) is 0 Å². The fraction of sp³-hybridized carbons (Fsp3) is 0.333. The molecule has 0 saturated carbocycles. The predicted octanol–water partition coefficient (Wildman–Crippen LogP) is 2.60. The summed E-state index contributed by atoms with van der Waals surface area (Å²) in [5, 5.41) is 2.81. The molecule has 1 saturated heterocycles. The van der Waals surface area contributed by atoms with Gasteiger partial charge in [-0.1, -0.05) is 12.1 Å². The Hall–Kier alpha value is -3.26. The first-order chi connectivity index (χ1) is 13.9. The molecule has 2 aromatic rings. The SMILES string of the molecule is COC(C)C1C(OC(N)=O)CCN1c1ccc(C(=O)Nc2ccccc2N)cc1. The van der Waals surface area contributed by atoms with Crippen molar-refractivity contribution in [2.45, 2.75) is 31.6 Å². The first kappa shape index (κ1) is 20.5. The van der Waals surface area contributed by atoms with Crippen LogP contribution in [-0.2, 0) is 9.47 Å². The summed E-state index contributed by atoms with van der Waals surface area (Å²) in [6.07, 6.45) is -0.675. The topological polar surface area (TPSA) is 120 Å². The van der Waals surface area contributed by atoms with Crippen LogP contribution in [0.25, 0.3) is 0 Å². The van der Waals surface area contributed by atoms with Gasteiger partial charge in [0.25, 0.3) is 5.91 Å². The number of nitrogens with one attached hydrogen (secondary N) is 1. The average Bonchev–Trinajstić information content (AvgIpc) is 3.12. The number of ether oxygens (including phenoxy) is 2. The smallest absolute Gasteiger partial charge is 0.404 e. The number of benzene rings is 2. The van der Waals surface area contributed by atoms with Gasteiger partial charge in [0.2, 0.25) is 0 Å². The molecule has 29 heavy (non-hydrogen) atoms. The van der Waals surface area contributed by atoms with Crippen LogP contribution >= 0.6 is 0 Å². The molecule has 0 aliphatic carbocycles. The molecule has 2 aromatic carbocycles. The van der Waals surface area contributed by atoms with Crippen molar-refractivity contribution in [3.05, 3.63) is 54.1 Å². The third-order valence-electron chi connectivity index (χ3n) is 5.19. The van der Waals surface area contributed by atoms with Crippen molar-refractivity contribution >= 4 is 29.1 Å². The number of amides is 2. The highest BCUT2D eigenvalue weighted by Crippen LogP contribution is 2.31. The van der Waals surface area contributed by atoms with Crippen molar-refractivity contribution < 1.29 is 19.1 Å². The minimum Gasteiger partial charge on any atom is -0.444 e. The molecule has 3 atom stereocenters. The molecule has 2 amide bonds. The predicted molar refractivity (Wildman–Crippen MR) is 112 cm³/mol. The van der Waals surface area contributed by atoms with Gasteiger partial charge in [0.05, 0.1) is 23.5 Å². The van der Waals surface area contributed by atoms with E-state index in [1.165, 1.54) is 0 Å². The quantitative estimate of drug-likeness (QED) is 0.644. The Morgan fingerprint density at radius 2 is 1.86 bits per heavy atom. The molecule has 8 nitrogen and oxygen atoms in total. The summed E-state index contributed by atoms with van der Waals surface area (Å²) in [7, 11) is 1.62. The first-order valence-corrected chi connectivity index (χ1v) is 9.42. The average molecular weight is 398 g/mol. The van der Waals surface area contributed by atoms with E-state index in [-0.39, 0.29) is 24.2 Å². The van der Waals surface area contributed by atoms with Crippen LogP contribution < -0.4 is 21.7 Å². The zero-order valence-corrected chi connectivity index (χ0v) is 16.5. The maximum atomic E-state index is 12.5. The molecule has 8 heteroatoms. The normalized spacial score (nSPS) is 19.6. The van der Waals surface area contributed by atoms with Crippen LogP contribution in [-0.4, -0.2) is 43.9 Å². The summed E-state index contributed by atoms with van der Waals surface area (Å²) in [6, 6.07) is 14.2. The molecular formula is C21H26N4O4. The number of nitrogens with zero attached hydrogens (tertiary/aromatic N) is 1. The number of hydrogen-bond donors (Lipinski definition) is 3. The number of hydrogen-bond acceptors (Lipinski definition) is 6. The van der Waals surface area contributed by atoms with Gasteiger partial charge in [-0.15, -0.1) is 0 Å². The van der Waals surface area contributed by atoms with Crippen LogP contribution in [0.1, 0.15) is 23.7 Å². The number of rotatable bonds is 6. The fourth-order valence-electron chi connectivity index (χ4n) is 3.67. The van der Waals surface area contributed by atoms with Crippen LogP contribution in [0.5, 0.6) is 0 Å². The first-order valence-electron chi connectivity index (χ1n) is 9.42. The third-order valence-corrected chi connectivity index (χ3v) is 5.19. The van der Waals surface area contributed by atoms with Crippen molar-refractivity contribution in [2.24, 2.45) is 5.73 Å². The molecular weight excluding hydrogens is 372 g/mol. The van der Waals surface area contributed by atoms with Crippen LogP contribution in [0.3, 0.4) is 0 Å². The Bertz CT molecular complexity index is 871. The second kappa shape index (κ2) is 8.83.